The first-order valence-electron chi connectivity index (χ1n) is 9.36. The van der Waals surface area contributed by atoms with Crippen molar-refractivity contribution in [2.75, 3.05) is 11.1 Å². The largest absolute Gasteiger partial charge is 0.301 e. The second-order valence-electron chi connectivity index (χ2n) is 6.94. The van der Waals surface area contributed by atoms with Gasteiger partial charge in [-0.15, -0.1) is 16.4 Å². The third-order valence-corrected chi connectivity index (χ3v) is 6.59. The Morgan fingerprint density at radius 1 is 1.17 bits per heavy atom. The van der Waals surface area contributed by atoms with Crippen molar-refractivity contribution >= 4 is 50.9 Å². The molecule has 0 unspecified atom stereocenters. The van der Waals surface area contributed by atoms with Crippen molar-refractivity contribution in [2.24, 2.45) is 0 Å². The van der Waals surface area contributed by atoms with Crippen LogP contribution in [0.3, 0.4) is 0 Å². The molecular formula is C21H18N6OS2. The Morgan fingerprint density at radius 2 is 2.03 bits per heavy atom. The molecule has 0 bridgehead atoms. The van der Waals surface area contributed by atoms with Crippen LogP contribution in [-0.4, -0.2) is 36.2 Å². The van der Waals surface area contributed by atoms with Gasteiger partial charge in [0.05, 0.1) is 22.5 Å². The van der Waals surface area contributed by atoms with Gasteiger partial charge < -0.3 is 5.32 Å². The van der Waals surface area contributed by atoms with Crippen molar-refractivity contribution in [3.05, 3.63) is 59.0 Å². The number of nitrogens with zero attached hydrogens (tertiary/aromatic N) is 4. The molecule has 0 atom stereocenters. The normalized spacial score (nSPS) is 11.4. The molecule has 3 heterocycles. The summed E-state index contributed by atoms with van der Waals surface area (Å²) in [4.78, 5) is 21.5. The third kappa shape index (κ3) is 3.46. The summed E-state index contributed by atoms with van der Waals surface area (Å²) < 4.78 is 1.93. The number of fused-ring (bicyclic) bond motifs is 3. The van der Waals surface area contributed by atoms with E-state index in [1.54, 1.807) is 0 Å². The third-order valence-electron chi connectivity index (χ3n) is 4.89. The molecule has 1 amide bonds. The number of hydrogen-bond acceptors (Lipinski definition) is 6. The Labute approximate surface area is 180 Å². The summed E-state index contributed by atoms with van der Waals surface area (Å²) in [6.07, 6.45) is 0. The summed E-state index contributed by atoms with van der Waals surface area (Å²) in [6.45, 7) is 4.17. The Kier molecular flexibility index (Phi) is 4.76. The number of thioether (sulfide) groups is 1. The molecule has 0 aliphatic heterocycles. The maximum atomic E-state index is 12.5. The van der Waals surface area contributed by atoms with Gasteiger partial charge in [-0.1, -0.05) is 36.0 Å². The molecule has 3 aromatic heterocycles. The Hall–Kier alpha value is -3.17. The Balaban J connectivity index is 1.27. The molecule has 150 valence electrons. The van der Waals surface area contributed by atoms with E-state index in [0.29, 0.717) is 16.1 Å². The Bertz CT molecular complexity index is 1380. The van der Waals surface area contributed by atoms with Crippen molar-refractivity contribution < 1.29 is 4.79 Å². The molecule has 0 saturated carbocycles. The van der Waals surface area contributed by atoms with Crippen LogP contribution in [0.25, 0.3) is 28.1 Å². The fraction of sp³-hybridized carbons (Fsp3) is 0.143. The van der Waals surface area contributed by atoms with Crippen LogP contribution in [0.5, 0.6) is 0 Å². The average Bonchev–Trinajstić information content (AvgIpc) is 3.44. The summed E-state index contributed by atoms with van der Waals surface area (Å²) in [6, 6.07) is 14.1. The van der Waals surface area contributed by atoms with Crippen LogP contribution in [0.15, 0.2) is 53.0 Å². The second kappa shape index (κ2) is 7.58. The zero-order valence-corrected chi connectivity index (χ0v) is 18.0. The molecule has 0 aliphatic rings. The number of rotatable bonds is 5. The van der Waals surface area contributed by atoms with Crippen LogP contribution in [0, 0.1) is 13.8 Å². The van der Waals surface area contributed by atoms with E-state index in [1.165, 1.54) is 34.2 Å². The van der Waals surface area contributed by atoms with Gasteiger partial charge in [-0.2, -0.15) is 0 Å². The number of nitrogens with one attached hydrogen (secondary N) is 2. The summed E-state index contributed by atoms with van der Waals surface area (Å²) >= 11 is 2.78. The lowest BCUT2D eigenvalue weighted by Crippen LogP contribution is -2.14. The standard InChI is InChI=1S/C21H18N6OS2/c1-12-7-8-14(9-13(12)2)16-10-29-20(23-16)24-18(28)11-30-21-26-25-19-22-15-5-3-4-6-17(15)27(19)21/h3-10H,11H2,1-2H3,(H,22,25)(H,23,24,28). The van der Waals surface area contributed by atoms with Crippen LogP contribution >= 0.6 is 23.1 Å². The molecule has 7 nitrogen and oxygen atoms in total. The summed E-state index contributed by atoms with van der Waals surface area (Å²) in [5, 5.41) is 13.3. The molecule has 0 aliphatic carbocycles. The first kappa shape index (κ1) is 18.8. The SMILES string of the molecule is Cc1ccc(-c2csc(NC(=O)CSc3n[nH]c4nc5ccccc5n34)n2)cc1C. The van der Waals surface area contributed by atoms with E-state index in [-0.39, 0.29) is 11.7 Å². The molecular weight excluding hydrogens is 416 g/mol. The minimum absolute atomic E-state index is 0.124. The van der Waals surface area contributed by atoms with Crippen LogP contribution in [0.2, 0.25) is 0 Å². The quantitative estimate of drug-likeness (QED) is 0.392. The predicted molar refractivity (Wildman–Crippen MR) is 121 cm³/mol. The highest BCUT2D eigenvalue weighted by Gasteiger charge is 2.14. The maximum absolute atomic E-state index is 12.5. The average molecular weight is 435 g/mol. The molecule has 0 spiro atoms. The highest BCUT2D eigenvalue weighted by molar-refractivity contribution is 7.99. The number of carbonyl (C=O) groups excluding carboxylic acids is 1. The van der Waals surface area contributed by atoms with Crippen LogP contribution in [0.1, 0.15) is 11.1 Å². The van der Waals surface area contributed by atoms with Crippen LogP contribution in [-0.2, 0) is 4.79 Å². The van der Waals surface area contributed by atoms with Gasteiger partial charge in [-0.25, -0.2) is 15.1 Å². The minimum Gasteiger partial charge on any atom is -0.301 e. The van der Waals surface area contributed by atoms with E-state index in [1.807, 2.05) is 34.0 Å². The highest BCUT2D eigenvalue weighted by atomic mass is 32.2. The number of carbonyl (C=O) groups is 1. The van der Waals surface area contributed by atoms with Gasteiger partial charge in [0.1, 0.15) is 0 Å². The van der Waals surface area contributed by atoms with Crippen molar-refractivity contribution in [2.45, 2.75) is 19.0 Å². The van der Waals surface area contributed by atoms with E-state index >= 15 is 0 Å². The van der Waals surface area contributed by atoms with E-state index < -0.39 is 0 Å². The first-order valence-corrected chi connectivity index (χ1v) is 11.2. The van der Waals surface area contributed by atoms with Gasteiger partial charge in [0.2, 0.25) is 11.7 Å². The summed E-state index contributed by atoms with van der Waals surface area (Å²) in [5.41, 5.74) is 6.24. The predicted octanol–water partition coefficient (Wildman–Crippen LogP) is 4.68. The zero-order chi connectivity index (χ0) is 20.7. The van der Waals surface area contributed by atoms with E-state index in [0.717, 1.165) is 22.3 Å². The van der Waals surface area contributed by atoms with Gasteiger partial charge >= 0.3 is 0 Å². The number of imidazole rings is 1. The molecule has 0 radical (unpaired) electrons. The minimum atomic E-state index is -0.124. The van der Waals surface area contributed by atoms with Crippen molar-refractivity contribution in [1.29, 1.82) is 0 Å². The topological polar surface area (TPSA) is 88.0 Å². The number of anilines is 1. The number of amides is 1. The first-order chi connectivity index (χ1) is 14.6. The zero-order valence-electron chi connectivity index (χ0n) is 16.3. The van der Waals surface area contributed by atoms with Crippen molar-refractivity contribution in [3.63, 3.8) is 0 Å². The van der Waals surface area contributed by atoms with E-state index in [9.17, 15) is 4.79 Å². The second-order valence-corrected chi connectivity index (χ2v) is 8.74. The highest BCUT2D eigenvalue weighted by Crippen LogP contribution is 2.27. The fourth-order valence-electron chi connectivity index (χ4n) is 3.19. The number of hydrogen-bond donors (Lipinski definition) is 2. The molecule has 5 aromatic rings. The monoisotopic (exact) mass is 434 g/mol. The lowest BCUT2D eigenvalue weighted by atomic mass is 10.1. The number of H-pyrrole nitrogens is 1. The van der Waals surface area contributed by atoms with E-state index in [2.05, 4.69) is 57.5 Å². The van der Waals surface area contributed by atoms with Crippen molar-refractivity contribution in [1.82, 2.24) is 24.6 Å². The van der Waals surface area contributed by atoms with Crippen molar-refractivity contribution in [3.8, 4) is 11.3 Å². The number of aryl methyl sites for hydroxylation is 2. The van der Waals surface area contributed by atoms with E-state index in [4.69, 9.17) is 0 Å². The van der Waals surface area contributed by atoms with Crippen LogP contribution in [0.4, 0.5) is 5.13 Å². The maximum Gasteiger partial charge on any atom is 0.236 e. The lowest BCUT2D eigenvalue weighted by molar-refractivity contribution is -0.113. The molecule has 0 saturated heterocycles. The van der Waals surface area contributed by atoms with Gasteiger partial charge in [0.15, 0.2) is 10.3 Å². The number of benzene rings is 2. The summed E-state index contributed by atoms with van der Waals surface area (Å²) in [5.74, 6) is 0.768. The van der Waals surface area contributed by atoms with Gasteiger partial charge in [-0.05, 0) is 43.2 Å². The molecule has 30 heavy (non-hydrogen) atoms. The Morgan fingerprint density at radius 3 is 2.90 bits per heavy atom. The number of aromatic amines is 1. The molecule has 2 N–H and O–H groups in total. The van der Waals surface area contributed by atoms with Crippen LogP contribution < -0.4 is 5.32 Å². The number of thiazole rings is 1. The lowest BCUT2D eigenvalue weighted by Gasteiger charge is -2.03. The number of para-hydroxylation sites is 2. The smallest absolute Gasteiger partial charge is 0.236 e. The van der Waals surface area contributed by atoms with Gasteiger partial charge in [0, 0.05) is 10.9 Å². The molecule has 0 fully saturated rings. The molecule has 9 heteroatoms. The van der Waals surface area contributed by atoms with Gasteiger partial charge in [-0.3, -0.25) is 9.20 Å². The number of aromatic nitrogens is 5. The molecule has 5 rings (SSSR count). The fourth-order valence-corrected chi connectivity index (χ4v) is 4.68. The molecule has 2 aromatic carbocycles. The summed E-state index contributed by atoms with van der Waals surface area (Å²) in [7, 11) is 0. The van der Waals surface area contributed by atoms with Gasteiger partial charge in [0.25, 0.3) is 0 Å².